The Labute approximate surface area is 223 Å². The fourth-order valence-corrected chi connectivity index (χ4v) is 4.05. The standard InChI is InChI=1S/C28H38N4O6/c1-16(2)32(26(36)21(15-22(29)34)30-27(37)38-28(5,6)7)24(19-12-9-13-20(33)14-19)25(35)31-23-17(3)10-8-11-18(23)4/h8-14,16,21,24,33H,15H2,1-7H3,(H2,29,34)(H,30,37)(H,31,35). The molecule has 10 heteroatoms. The van der Waals surface area contributed by atoms with E-state index in [1.54, 1.807) is 46.8 Å². The van der Waals surface area contributed by atoms with Crippen molar-refractivity contribution in [2.75, 3.05) is 5.32 Å². The van der Waals surface area contributed by atoms with Crippen LogP contribution in [-0.2, 0) is 19.1 Å². The summed E-state index contributed by atoms with van der Waals surface area (Å²) in [6.07, 6.45) is -1.42. The van der Waals surface area contributed by atoms with Crippen LogP contribution in [0.1, 0.15) is 63.8 Å². The summed E-state index contributed by atoms with van der Waals surface area (Å²) in [5, 5.41) is 15.5. The molecule has 0 saturated heterocycles. The van der Waals surface area contributed by atoms with Gasteiger partial charge >= 0.3 is 6.09 Å². The van der Waals surface area contributed by atoms with Crippen LogP contribution in [-0.4, -0.2) is 51.5 Å². The number of amides is 4. The molecule has 0 spiro atoms. The van der Waals surface area contributed by atoms with E-state index in [9.17, 15) is 24.3 Å². The van der Waals surface area contributed by atoms with Crippen LogP contribution in [0, 0.1) is 13.8 Å². The topological polar surface area (TPSA) is 151 Å². The minimum atomic E-state index is -1.39. The van der Waals surface area contributed by atoms with Gasteiger partial charge in [-0.15, -0.1) is 0 Å². The summed E-state index contributed by atoms with van der Waals surface area (Å²) < 4.78 is 5.27. The van der Waals surface area contributed by atoms with Crippen molar-refractivity contribution >= 4 is 29.5 Å². The Hall–Kier alpha value is -4.08. The molecule has 4 amide bonds. The molecule has 0 aliphatic rings. The normalized spacial score (nSPS) is 12.8. The summed E-state index contributed by atoms with van der Waals surface area (Å²) in [5.41, 5.74) is 7.14. The highest BCUT2D eigenvalue weighted by molar-refractivity contribution is 6.00. The van der Waals surface area contributed by atoms with E-state index in [1.807, 2.05) is 32.0 Å². The summed E-state index contributed by atoms with van der Waals surface area (Å²) >= 11 is 0. The number of alkyl carbamates (subject to hydrolysis) is 1. The largest absolute Gasteiger partial charge is 0.508 e. The lowest BCUT2D eigenvalue weighted by atomic mass is 9.99. The highest BCUT2D eigenvalue weighted by Gasteiger charge is 2.38. The molecule has 0 radical (unpaired) electrons. The van der Waals surface area contributed by atoms with Crippen molar-refractivity contribution in [2.24, 2.45) is 5.73 Å². The van der Waals surface area contributed by atoms with E-state index < -0.39 is 54.0 Å². The van der Waals surface area contributed by atoms with Crippen molar-refractivity contribution < 1.29 is 29.0 Å². The van der Waals surface area contributed by atoms with Gasteiger partial charge in [0.15, 0.2) is 0 Å². The van der Waals surface area contributed by atoms with E-state index in [4.69, 9.17) is 10.5 Å². The van der Waals surface area contributed by atoms with Crippen molar-refractivity contribution in [3.8, 4) is 5.75 Å². The number of aromatic hydroxyl groups is 1. The van der Waals surface area contributed by atoms with Gasteiger partial charge in [0, 0.05) is 11.7 Å². The first-order valence-electron chi connectivity index (χ1n) is 12.4. The SMILES string of the molecule is Cc1cccc(C)c1NC(=O)C(c1cccc(O)c1)N(C(=O)C(CC(N)=O)NC(=O)OC(C)(C)C)C(C)C. The number of primary amides is 1. The average molecular weight is 527 g/mol. The van der Waals surface area contributed by atoms with Crippen LogP contribution in [0.25, 0.3) is 0 Å². The summed E-state index contributed by atoms with van der Waals surface area (Å²) in [6, 6.07) is 8.42. The number of phenols is 1. The molecule has 0 heterocycles. The molecule has 10 nitrogen and oxygen atoms in total. The number of carbonyl (C=O) groups is 4. The Morgan fingerprint density at radius 2 is 1.61 bits per heavy atom. The third-order valence-corrected chi connectivity index (χ3v) is 5.65. The summed E-state index contributed by atoms with van der Waals surface area (Å²) in [7, 11) is 0. The van der Waals surface area contributed by atoms with Crippen LogP contribution in [0.2, 0.25) is 0 Å². The number of nitrogens with one attached hydrogen (secondary N) is 2. The lowest BCUT2D eigenvalue weighted by molar-refractivity contribution is -0.143. The van der Waals surface area contributed by atoms with E-state index in [0.29, 0.717) is 11.3 Å². The number of hydrogen-bond donors (Lipinski definition) is 4. The minimum Gasteiger partial charge on any atom is -0.508 e. The predicted molar refractivity (Wildman–Crippen MR) is 144 cm³/mol. The molecule has 2 unspecified atom stereocenters. The summed E-state index contributed by atoms with van der Waals surface area (Å²) in [6.45, 7) is 12.1. The van der Waals surface area contributed by atoms with Crippen molar-refractivity contribution in [3.05, 3.63) is 59.2 Å². The van der Waals surface area contributed by atoms with Gasteiger partial charge in [-0.3, -0.25) is 14.4 Å². The van der Waals surface area contributed by atoms with Crippen LogP contribution < -0.4 is 16.4 Å². The molecule has 5 N–H and O–H groups in total. The van der Waals surface area contributed by atoms with Crippen LogP contribution in [0.4, 0.5) is 10.5 Å². The zero-order valence-electron chi connectivity index (χ0n) is 23.0. The number of aryl methyl sites for hydroxylation is 2. The maximum absolute atomic E-state index is 13.9. The molecular weight excluding hydrogens is 488 g/mol. The second kappa shape index (κ2) is 12.4. The lowest BCUT2D eigenvalue weighted by Gasteiger charge is -2.37. The zero-order valence-corrected chi connectivity index (χ0v) is 23.0. The Kier molecular flexibility index (Phi) is 9.87. The molecule has 0 aliphatic carbocycles. The quantitative estimate of drug-likeness (QED) is 0.391. The van der Waals surface area contributed by atoms with Crippen molar-refractivity contribution in [2.45, 2.75) is 78.6 Å². The van der Waals surface area contributed by atoms with Gasteiger partial charge in [0.1, 0.15) is 23.4 Å². The maximum Gasteiger partial charge on any atom is 0.408 e. The Morgan fingerprint density at radius 3 is 2.11 bits per heavy atom. The van der Waals surface area contributed by atoms with Crippen molar-refractivity contribution in [1.82, 2.24) is 10.2 Å². The number of carbonyl (C=O) groups excluding carboxylic acids is 4. The Bertz CT molecular complexity index is 1170. The first kappa shape index (κ1) is 30.1. The fraction of sp³-hybridized carbons (Fsp3) is 0.429. The first-order chi connectivity index (χ1) is 17.6. The van der Waals surface area contributed by atoms with Gasteiger partial charge in [0.05, 0.1) is 6.42 Å². The van der Waals surface area contributed by atoms with Gasteiger partial charge in [-0.1, -0.05) is 30.3 Å². The number of anilines is 1. The zero-order chi connectivity index (χ0) is 28.8. The van der Waals surface area contributed by atoms with Crippen LogP contribution in [0.3, 0.4) is 0 Å². The van der Waals surface area contributed by atoms with Gasteiger partial charge in [-0.25, -0.2) is 4.79 Å². The smallest absolute Gasteiger partial charge is 0.408 e. The van der Waals surface area contributed by atoms with Crippen molar-refractivity contribution in [3.63, 3.8) is 0 Å². The number of benzene rings is 2. The highest BCUT2D eigenvalue weighted by atomic mass is 16.6. The van der Waals surface area contributed by atoms with E-state index in [-0.39, 0.29) is 5.75 Å². The van der Waals surface area contributed by atoms with E-state index >= 15 is 0 Å². The van der Waals surface area contributed by atoms with Crippen LogP contribution in [0.5, 0.6) is 5.75 Å². The van der Waals surface area contributed by atoms with E-state index in [0.717, 1.165) is 11.1 Å². The molecule has 0 saturated carbocycles. The third kappa shape index (κ3) is 8.22. The Morgan fingerprint density at radius 1 is 1.03 bits per heavy atom. The molecular formula is C28H38N4O6. The minimum absolute atomic E-state index is 0.0934. The highest BCUT2D eigenvalue weighted by Crippen LogP contribution is 2.30. The second-order valence-corrected chi connectivity index (χ2v) is 10.5. The number of phenolic OH excluding ortho intramolecular Hbond substituents is 1. The summed E-state index contributed by atoms with van der Waals surface area (Å²) in [5.74, 6) is -2.17. The molecule has 2 aromatic rings. The fourth-order valence-electron chi connectivity index (χ4n) is 4.05. The Balaban J connectivity index is 2.57. The van der Waals surface area contributed by atoms with E-state index in [2.05, 4.69) is 10.6 Å². The average Bonchev–Trinajstić information content (AvgIpc) is 2.77. The van der Waals surface area contributed by atoms with Crippen LogP contribution in [0.15, 0.2) is 42.5 Å². The molecule has 2 atom stereocenters. The van der Waals surface area contributed by atoms with Crippen molar-refractivity contribution in [1.29, 1.82) is 0 Å². The monoisotopic (exact) mass is 526 g/mol. The predicted octanol–water partition coefficient (Wildman–Crippen LogP) is 3.69. The lowest BCUT2D eigenvalue weighted by Crippen LogP contribution is -2.55. The van der Waals surface area contributed by atoms with Crippen LogP contribution >= 0.6 is 0 Å². The molecule has 2 rings (SSSR count). The number of nitrogens with two attached hydrogens (primary N) is 1. The molecule has 2 aromatic carbocycles. The molecule has 0 bridgehead atoms. The number of hydrogen-bond acceptors (Lipinski definition) is 6. The number of nitrogens with zero attached hydrogens (tertiary/aromatic N) is 1. The molecule has 0 aromatic heterocycles. The first-order valence-corrected chi connectivity index (χ1v) is 12.4. The van der Waals surface area contributed by atoms with Gasteiger partial charge in [0.25, 0.3) is 5.91 Å². The number of para-hydroxylation sites is 1. The molecule has 0 aliphatic heterocycles. The van der Waals surface area contributed by atoms with E-state index in [1.165, 1.54) is 17.0 Å². The second-order valence-electron chi connectivity index (χ2n) is 10.5. The molecule has 0 fully saturated rings. The third-order valence-electron chi connectivity index (χ3n) is 5.65. The molecule has 38 heavy (non-hydrogen) atoms. The van der Waals surface area contributed by atoms with Gasteiger partial charge < -0.3 is 31.1 Å². The van der Waals surface area contributed by atoms with Gasteiger partial charge in [0.2, 0.25) is 11.8 Å². The van der Waals surface area contributed by atoms with Gasteiger partial charge in [-0.05, 0) is 77.3 Å². The summed E-state index contributed by atoms with van der Waals surface area (Å²) in [4.78, 5) is 53.4. The maximum atomic E-state index is 13.9. The number of rotatable bonds is 9. The number of ether oxygens (including phenoxy) is 1. The van der Waals surface area contributed by atoms with Gasteiger partial charge in [-0.2, -0.15) is 0 Å². The molecule has 206 valence electrons.